The van der Waals surface area contributed by atoms with Gasteiger partial charge in [-0.3, -0.25) is 0 Å². The summed E-state index contributed by atoms with van der Waals surface area (Å²) >= 11 is 0. The maximum atomic E-state index is 12.7. The summed E-state index contributed by atoms with van der Waals surface area (Å²) in [6, 6.07) is 1.41. The molecule has 1 rings (SSSR count). The van der Waals surface area contributed by atoms with Gasteiger partial charge in [0, 0.05) is 10.7 Å². The van der Waals surface area contributed by atoms with Gasteiger partial charge in [-0.2, -0.15) is 18.4 Å². The smallest absolute Gasteiger partial charge is 0.404 e. The van der Waals surface area contributed by atoms with Crippen LogP contribution in [-0.2, 0) is 15.2 Å². The lowest BCUT2D eigenvalue weighted by Gasteiger charge is -2.16. The Morgan fingerprint density at radius 3 is 2.00 bits per heavy atom. The van der Waals surface area contributed by atoms with E-state index in [0.717, 1.165) is 6.07 Å². The number of benzene rings is 1. The van der Waals surface area contributed by atoms with E-state index in [0.29, 0.717) is 0 Å². The average molecular weight is 354 g/mol. The van der Waals surface area contributed by atoms with E-state index < -0.39 is 43.4 Å². The summed E-state index contributed by atoms with van der Waals surface area (Å²) in [5.74, 6) is -1.73. The molecule has 0 fully saturated rings. The summed E-state index contributed by atoms with van der Waals surface area (Å²) in [6.07, 6.45) is -10.8. The highest BCUT2D eigenvalue weighted by Crippen LogP contribution is 2.42. The molecule has 0 heterocycles. The van der Waals surface area contributed by atoms with Crippen LogP contribution in [0.1, 0.15) is 11.1 Å². The lowest BCUT2D eigenvalue weighted by molar-refractivity contribution is -0.275. The van der Waals surface area contributed by atoms with Crippen LogP contribution in [0.5, 0.6) is 5.75 Å². The summed E-state index contributed by atoms with van der Waals surface area (Å²) in [7, 11) is -0.486. The van der Waals surface area contributed by atoms with E-state index in [1.54, 1.807) is 0 Å². The molecule has 0 saturated carbocycles. The number of ether oxygens (including phenoxy) is 1. The molecule has 0 aromatic heterocycles. The van der Waals surface area contributed by atoms with Gasteiger partial charge in [0.25, 0.3) is 9.05 Å². The quantitative estimate of drug-likeness (QED) is 0.603. The van der Waals surface area contributed by atoms with Crippen molar-refractivity contribution in [3.05, 3.63) is 23.3 Å². The van der Waals surface area contributed by atoms with Crippen LogP contribution in [0.25, 0.3) is 0 Å². The Morgan fingerprint density at radius 2 is 1.67 bits per heavy atom. The van der Waals surface area contributed by atoms with Gasteiger partial charge in [-0.1, -0.05) is 0 Å². The van der Waals surface area contributed by atoms with Gasteiger partial charge >= 0.3 is 12.5 Å². The minimum absolute atomic E-state index is 0.0541. The zero-order valence-electron chi connectivity index (χ0n) is 9.38. The third-order valence-corrected chi connectivity index (χ3v) is 3.33. The van der Waals surface area contributed by atoms with Gasteiger partial charge in [0.2, 0.25) is 0 Å². The van der Waals surface area contributed by atoms with Gasteiger partial charge in [-0.05, 0) is 12.1 Å². The third kappa shape index (κ3) is 4.40. The molecule has 12 heteroatoms. The summed E-state index contributed by atoms with van der Waals surface area (Å²) in [4.78, 5) is -1.91. The predicted molar refractivity (Wildman–Crippen MR) is 55.9 cm³/mol. The number of hydrogen-bond donors (Lipinski definition) is 0. The molecule has 0 radical (unpaired) electrons. The molecule has 21 heavy (non-hydrogen) atoms. The summed E-state index contributed by atoms with van der Waals surface area (Å²) in [6.45, 7) is 0. The molecule has 0 aliphatic heterocycles. The van der Waals surface area contributed by atoms with Crippen LogP contribution in [0, 0.1) is 11.3 Å². The Balaban J connectivity index is 3.81. The molecule has 4 nitrogen and oxygen atoms in total. The number of nitriles is 1. The fourth-order valence-electron chi connectivity index (χ4n) is 1.33. The second-order valence-corrected chi connectivity index (χ2v) is 5.95. The van der Waals surface area contributed by atoms with Gasteiger partial charge in [0.1, 0.15) is 4.90 Å². The van der Waals surface area contributed by atoms with Crippen molar-refractivity contribution in [1.29, 1.82) is 5.26 Å². The first-order chi connectivity index (χ1) is 9.25. The van der Waals surface area contributed by atoms with E-state index in [1.807, 2.05) is 0 Å². The molecule has 0 saturated heterocycles. The van der Waals surface area contributed by atoms with Gasteiger partial charge in [-0.25, -0.2) is 8.42 Å². The number of alkyl halides is 6. The summed E-state index contributed by atoms with van der Waals surface area (Å²) < 4.78 is 100. The number of hydrogen-bond acceptors (Lipinski definition) is 4. The van der Waals surface area contributed by atoms with E-state index >= 15 is 0 Å². The van der Waals surface area contributed by atoms with Crippen molar-refractivity contribution >= 4 is 19.7 Å². The largest absolute Gasteiger partial charge is 0.573 e. The molecule has 0 amide bonds. The highest BCUT2D eigenvalue weighted by molar-refractivity contribution is 8.13. The Hall–Kier alpha value is -1.67. The first kappa shape index (κ1) is 17.4. The molecule has 1 aromatic carbocycles. The molecule has 0 bridgehead atoms. The Labute approximate surface area is 117 Å². The minimum atomic E-state index is -5.48. The van der Waals surface area contributed by atoms with Crippen molar-refractivity contribution < 1.29 is 39.5 Å². The van der Waals surface area contributed by atoms with Crippen LogP contribution in [-0.4, -0.2) is 14.8 Å². The topological polar surface area (TPSA) is 67.2 Å². The first-order valence-electron chi connectivity index (χ1n) is 4.61. The normalized spacial score (nSPS) is 12.9. The molecule has 0 aliphatic rings. The second kappa shape index (κ2) is 5.27. The molecule has 0 unspecified atom stereocenters. The van der Waals surface area contributed by atoms with E-state index in [9.17, 15) is 34.8 Å². The second-order valence-electron chi connectivity index (χ2n) is 3.45. The van der Waals surface area contributed by atoms with Crippen molar-refractivity contribution in [1.82, 2.24) is 0 Å². The van der Waals surface area contributed by atoms with Crippen LogP contribution >= 0.6 is 10.7 Å². The lowest BCUT2D eigenvalue weighted by atomic mass is 10.1. The minimum Gasteiger partial charge on any atom is -0.404 e. The highest BCUT2D eigenvalue weighted by atomic mass is 35.7. The van der Waals surface area contributed by atoms with Crippen LogP contribution in [0.15, 0.2) is 17.0 Å². The molecular formula is C9H2ClF6NO3S. The van der Waals surface area contributed by atoms with E-state index in [1.165, 1.54) is 0 Å². The zero-order valence-corrected chi connectivity index (χ0v) is 11.0. The number of nitrogens with zero attached hydrogens (tertiary/aromatic N) is 1. The first-order valence-corrected chi connectivity index (χ1v) is 6.92. The average Bonchev–Trinajstić information content (AvgIpc) is 2.22. The van der Waals surface area contributed by atoms with Crippen molar-refractivity contribution in [3.8, 4) is 11.8 Å². The van der Waals surface area contributed by atoms with E-state index in [4.69, 9.17) is 15.9 Å². The van der Waals surface area contributed by atoms with Gasteiger partial charge in [0.05, 0.1) is 17.2 Å². The monoisotopic (exact) mass is 353 g/mol. The van der Waals surface area contributed by atoms with Gasteiger partial charge < -0.3 is 4.74 Å². The highest BCUT2D eigenvalue weighted by Gasteiger charge is 2.42. The van der Waals surface area contributed by atoms with Crippen LogP contribution in [0.3, 0.4) is 0 Å². The zero-order chi connectivity index (χ0) is 16.6. The van der Waals surface area contributed by atoms with Crippen LogP contribution in [0.4, 0.5) is 26.3 Å². The molecule has 1 aromatic rings. The maximum Gasteiger partial charge on any atom is 0.573 e. The van der Waals surface area contributed by atoms with Gasteiger partial charge in [-0.15, -0.1) is 13.2 Å². The van der Waals surface area contributed by atoms with Crippen molar-refractivity contribution in [2.45, 2.75) is 17.4 Å². The molecular weight excluding hydrogens is 352 g/mol. The number of halogens is 7. The van der Waals surface area contributed by atoms with Crippen molar-refractivity contribution in [3.63, 3.8) is 0 Å². The number of rotatable bonds is 2. The predicted octanol–water partition coefficient (Wildman–Crippen LogP) is 3.40. The molecule has 0 spiro atoms. The van der Waals surface area contributed by atoms with Crippen molar-refractivity contribution in [2.24, 2.45) is 0 Å². The van der Waals surface area contributed by atoms with Gasteiger partial charge in [0.15, 0.2) is 5.75 Å². The summed E-state index contributed by atoms with van der Waals surface area (Å²) in [5, 5.41) is 8.51. The maximum absolute atomic E-state index is 12.7. The van der Waals surface area contributed by atoms with E-state index in [2.05, 4.69) is 4.74 Å². The fourth-order valence-corrected chi connectivity index (χ4v) is 2.59. The van der Waals surface area contributed by atoms with Crippen molar-refractivity contribution in [2.75, 3.05) is 0 Å². The summed E-state index contributed by atoms with van der Waals surface area (Å²) in [5.41, 5.74) is -2.92. The third-order valence-electron chi connectivity index (χ3n) is 1.96. The standard InChI is InChI=1S/C9H2ClF6NO3S/c10-21(18,19)7-5(8(11,12)13)1-4(3-17)2-6(7)20-9(14,15)16/h1-2H. The Morgan fingerprint density at radius 1 is 1.14 bits per heavy atom. The van der Waals surface area contributed by atoms with Crippen LogP contribution in [0.2, 0.25) is 0 Å². The SMILES string of the molecule is N#Cc1cc(OC(F)(F)F)c(S(=O)(=O)Cl)c(C(F)(F)F)c1. The molecule has 0 atom stereocenters. The Kier molecular flexibility index (Phi) is 4.36. The Bertz CT molecular complexity index is 704. The van der Waals surface area contributed by atoms with E-state index in [-0.39, 0.29) is 12.1 Å². The molecule has 0 aliphatic carbocycles. The molecule has 0 N–H and O–H groups in total. The fraction of sp³-hybridized carbons (Fsp3) is 0.222. The molecule has 116 valence electrons. The lowest BCUT2D eigenvalue weighted by Crippen LogP contribution is -2.20. The van der Waals surface area contributed by atoms with Crippen LogP contribution < -0.4 is 4.74 Å².